The second-order valence-electron chi connectivity index (χ2n) is 5.17. The molecule has 0 unspecified atom stereocenters. The second kappa shape index (κ2) is 6.83. The van der Waals surface area contributed by atoms with Crippen LogP contribution < -0.4 is 5.32 Å². The number of hydrogen-bond acceptors (Lipinski definition) is 4. The first-order valence-corrected chi connectivity index (χ1v) is 9.37. The fourth-order valence-corrected chi connectivity index (χ4v) is 4.98. The summed E-state index contributed by atoms with van der Waals surface area (Å²) in [5.74, 6) is 5.05. The minimum Gasteiger partial charge on any atom is -0.308 e. The smallest absolute Gasteiger partial charge is 0.0734 e. The van der Waals surface area contributed by atoms with E-state index in [2.05, 4.69) is 58.9 Å². The lowest BCUT2D eigenvalue weighted by Crippen LogP contribution is -2.32. The molecule has 1 aliphatic rings. The molecule has 1 aromatic carbocycles. The summed E-state index contributed by atoms with van der Waals surface area (Å²) < 4.78 is 0. The fraction of sp³-hybridized carbons (Fsp3) is 0.438. The average molecular weight is 304 g/mol. The van der Waals surface area contributed by atoms with Crippen LogP contribution in [0, 0.1) is 6.92 Å². The van der Waals surface area contributed by atoms with Gasteiger partial charge in [0.1, 0.15) is 0 Å². The summed E-state index contributed by atoms with van der Waals surface area (Å²) in [4.78, 5) is 4.52. The highest BCUT2D eigenvalue weighted by atomic mass is 32.2. The number of rotatable bonds is 3. The summed E-state index contributed by atoms with van der Waals surface area (Å²) in [6, 6.07) is 9.26. The van der Waals surface area contributed by atoms with Gasteiger partial charge in [-0.25, -0.2) is 0 Å². The van der Waals surface area contributed by atoms with Gasteiger partial charge >= 0.3 is 0 Å². The maximum atomic E-state index is 4.52. The summed E-state index contributed by atoms with van der Waals surface area (Å²) in [7, 11) is 0. The van der Waals surface area contributed by atoms with E-state index in [4.69, 9.17) is 0 Å². The molecule has 1 fully saturated rings. The minimum atomic E-state index is 0.625. The van der Waals surface area contributed by atoms with Crippen LogP contribution in [0.3, 0.4) is 0 Å². The van der Waals surface area contributed by atoms with Gasteiger partial charge in [-0.1, -0.05) is 18.2 Å². The van der Waals surface area contributed by atoms with E-state index in [0.717, 1.165) is 12.1 Å². The van der Waals surface area contributed by atoms with Crippen molar-refractivity contribution >= 4 is 34.4 Å². The van der Waals surface area contributed by atoms with E-state index < -0.39 is 0 Å². The fourth-order valence-electron chi connectivity index (χ4n) is 2.52. The number of pyridine rings is 1. The molecule has 0 radical (unpaired) electrons. The molecule has 0 aliphatic carbocycles. The van der Waals surface area contributed by atoms with Crippen LogP contribution in [0.5, 0.6) is 0 Å². The molecule has 3 rings (SSSR count). The standard InChI is InChI=1S/C16H20N2S2/c1-12-4-5-13(15-3-2-6-17-16(12)15)9-18-14-10-19-7-8-20-11-14/h2-6,14,18H,7-11H2,1H3. The number of aryl methyl sites for hydroxylation is 1. The molecule has 0 bridgehead atoms. The zero-order valence-corrected chi connectivity index (χ0v) is 13.4. The van der Waals surface area contributed by atoms with Crippen LogP contribution in [0.4, 0.5) is 0 Å². The van der Waals surface area contributed by atoms with Crippen molar-refractivity contribution < 1.29 is 0 Å². The summed E-state index contributed by atoms with van der Waals surface area (Å²) in [5, 5.41) is 5.01. The van der Waals surface area contributed by atoms with Crippen LogP contribution in [-0.2, 0) is 6.54 Å². The zero-order chi connectivity index (χ0) is 13.8. The number of hydrogen-bond donors (Lipinski definition) is 1. The molecule has 2 heterocycles. The lowest BCUT2D eigenvalue weighted by Gasteiger charge is -2.16. The molecule has 106 valence electrons. The third kappa shape index (κ3) is 3.30. The van der Waals surface area contributed by atoms with Gasteiger partial charge in [-0.3, -0.25) is 4.98 Å². The van der Waals surface area contributed by atoms with Crippen molar-refractivity contribution in [2.24, 2.45) is 0 Å². The third-order valence-corrected chi connectivity index (χ3v) is 6.17. The molecular weight excluding hydrogens is 284 g/mol. The number of benzene rings is 1. The summed E-state index contributed by atoms with van der Waals surface area (Å²) in [6.07, 6.45) is 1.88. The third-order valence-electron chi connectivity index (χ3n) is 3.65. The highest BCUT2D eigenvalue weighted by Gasteiger charge is 2.13. The monoisotopic (exact) mass is 304 g/mol. The first-order valence-electron chi connectivity index (χ1n) is 7.06. The quantitative estimate of drug-likeness (QED) is 0.938. The second-order valence-corrected chi connectivity index (χ2v) is 7.47. The lowest BCUT2D eigenvalue weighted by molar-refractivity contribution is 0.606. The van der Waals surface area contributed by atoms with Gasteiger partial charge < -0.3 is 5.32 Å². The molecule has 4 heteroatoms. The molecule has 1 aliphatic heterocycles. The van der Waals surface area contributed by atoms with Crippen molar-refractivity contribution in [1.82, 2.24) is 10.3 Å². The maximum Gasteiger partial charge on any atom is 0.0734 e. The zero-order valence-electron chi connectivity index (χ0n) is 11.8. The van der Waals surface area contributed by atoms with Crippen molar-refractivity contribution in [3.8, 4) is 0 Å². The lowest BCUT2D eigenvalue weighted by atomic mass is 10.0. The Hall–Kier alpha value is -0.710. The van der Waals surface area contributed by atoms with E-state index >= 15 is 0 Å². The topological polar surface area (TPSA) is 24.9 Å². The van der Waals surface area contributed by atoms with Gasteiger partial charge in [0.15, 0.2) is 0 Å². The van der Waals surface area contributed by atoms with Gasteiger partial charge in [0.2, 0.25) is 0 Å². The van der Waals surface area contributed by atoms with Crippen LogP contribution in [0.25, 0.3) is 10.9 Å². The molecule has 0 spiro atoms. The summed E-state index contributed by atoms with van der Waals surface area (Å²) in [6.45, 7) is 3.07. The van der Waals surface area contributed by atoms with E-state index in [1.165, 1.54) is 39.5 Å². The Morgan fingerprint density at radius 2 is 2.00 bits per heavy atom. The van der Waals surface area contributed by atoms with Crippen molar-refractivity contribution in [2.75, 3.05) is 23.0 Å². The number of aromatic nitrogens is 1. The van der Waals surface area contributed by atoms with E-state index in [1.807, 2.05) is 12.3 Å². The highest BCUT2D eigenvalue weighted by Crippen LogP contribution is 2.21. The van der Waals surface area contributed by atoms with Crippen LogP contribution in [0.2, 0.25) is 0 Å². The highest BCUT2D eigenvalue weighted by molar-refractivity contribution is 8.03. The van der Waals surface area contributed by atoms with Gasteiger partial charge in [0.05, 0.1) is 5.52 Å². The number of nitrogens with one attached hydrogen (secondary N) is 1. The molecule has 1 saturated heterocycles. The van der Waals surface area contributed by atoms with Gasteiger partial charge in [-0.05, 0) is 24.1 Å². The van der Waals surface area contributed by atoms with E-state index in [1.54, 1.807) is 0 Å². The van der Waals surface area contributed by atoms with Gasteiger partial charge in [-0.15, -0.1) is 0 Å². The van der Waals surface area contributed by atoms with E-state index in [0.29, 0.717) is 6.04 Å². The van der Waals surface area contributed by atoms with Crippen LogP contribution in [-0.4, -0.2) is 34.0 Å². The van der Waals surface area contributed by atoms with Crippen LogP contribution in [0.1, 0.15) is 11.1 Å². The van der Waals surface area contributed by atoms with E-state index in [9.17, 15) is 0 Å². The molecule has 2 aromatic rings. The Kier molecular flexibility index (Phi) is 4.86. The Balaban J connectivity index is 1.75. The normalized spacial score (nSPS) is 17.2. The Morgan fingerprint density at radius 1 is 1.20 bits per heavy atom. The largest absolute Gasteiger partial charge is 0.308 e. The van der Waals surface area contributed by atoms with Gasteiger partial charge in [-0.2, -0.15) is 23.5 Å². The van der Waals surface area contributed by atoms with Crippen molar-refractivity contribution in [2.45, 2.75) is 19.5 Å². The summed E-state index contributed by atoms with van der Waals surface area (Å²) >= 11 is 4.14. The Bertz CT molecular complexity index is 578. The van der Waals surface area contributed by atoms with Crippen molar-refractivity contribution in [3.63, 3.8) is 0 Å². The number of fused-ring (bicyclic) bond motifs is 1. The molecule has 1 N–H and O–H groups in total. The summed E-state index contributed by atoms with van der Waals surface area (Å²) in [5.41, 5.74) is 3.75. The predicted molar refractivity (Wildman–Crippen MR) is 91.8 cm³/mol. The first-order chi connectivity index (χ1) is 9.84. The number of nitrogens with zero attached hydrogens (tertiary/aromatic N) is 1. The first kappa shape index (κ1) is 14.2. The Morgan fingerprint density at radius 3 is 2.80 bits per heavy atom. The number of thioether (sulfide) groups is 2. The van der Waals surface area contributed by atoms with Crippen molar-refractivity contribution in [1.29, 1.82) is 0 Å². The molecular formula is C16H20N2S2. The molecule has 1 aromatic heterocycles. The molecule has 0 atom stereocenters. The molecule has 2 nitrogen and oxygen atoms in total. The predicted octanol–water partition coefficient (Wildman–Crippen LogP) is 3.48. The SMILES string of the molecule is Cc1ccc(CNC2CSCCSC2)c2cccnc12. The molecule has 0 amide bonds. The van der Waals surface area contributed by atoms with Crippen molar-refractivity contribution in [3.05, 3.63) is 41.6 Å². The van der Waals surface area contributed by atoms with Crippen LogP contribution >= 0.6 is 23.5 Å². The molecule has 0 saturated carbocycles. The van der Waals surface area contributed by atoms with Gasteiger partial charge in [0, 0.05) is 47.2 Å². The average Bonchev–Trinajstić information content (AvgIpc) is 2.76. The maximum absolute atomic E-state index is 4.52. The Labute approximate surface area is 129 Å². The minimum absolute atomic E-state index is 0.625. The van der Waals surface area contributed by atoms with Gasteiger partial charge in [0.25, 0.3) is 0 Å². The van der Waals surface area contributed by atoms with Crippen LogP contribution in [0.15, 0.2) is 30.5 Å². The van der Waals surface area contributed by atoms with E-state index in [-0.39, 0.29) is 0 Å². The molecule has 20 heavy (non-hydrogen) atoms.